The first-order valence-corrected chi connectivity index (χ1v) is 17.4. The fraction of sp³-hybridized carbons (Fsp3) is 0.125. The Balaban J connectivity index is 1.26. The molecule has 0 saturated heterocycles. The van der Waals surface area contributed by atoms with Gasteiger partial charge < -0.3 is 4.90 Å². The first-order chi connectivity index (χ1) is 23.9. The van der Waals surface area contributed by atoms with Crippen LogP contribution in [0.25, 0.3) is 33.4 Å². The number of fused-ring (bicyclic) bond motifs is 13. The molecule has 7 aromatic rings. The maximum absolute atomic E-state index is 2.48. The van der Waals surface area contributed by atoms with Crippen molar-refractivity contribution < 1.29 is 0 Å². The van der Waals surface area contributed by atoms with Gasteiger partial charge in [-0.25, -0.2) is 0 Å². The molecule has 0 aliphatic heterocycles. The summed E-state index contributed by atoms with van der Waals surface area (Å²) in [5.41, 5.74) is 22.0. The second-order valence-corrected chi connectivity index (χ2v) is 14.7. The molecule has 0 aromatic heterocycles. The van der Waals surface area contributed by atoms with E-state index >= 15 is 0 Å². The van der Waals surface area contributed by atoms with Gasteiger partial charge in [0.2, 0.25) is 0 Å². The summed E-state index contributed by atoms with van der Waals surface area (Å²) in [5, 5.41) is 0. The zero-order valence-corrected chi connectivity index (χ0v) is 28.4. The number of benzene rings is 7. The number of hydrogen-bond donors (Lipinski definition) is 0. The molecule has 0 saturated carbocycles. The van der Waals surface area contributed by atoms with E-state index in [4.69, 9.17) is 0 Å². The summed E-state index contributed by atoms with van der Waals surface area (Å²) in [4.78, 5) is 2.48. The summed E-state index contributed by atoms with van der Waals surface area (Å²) in [7, 11) is 0. The average Bonchev–Trinajstić information content (AvgIpc) is 3.67. The molecule has 0 atom stereocenters. The van der Waals surface area contributed by atoms with Gasteiger partial charge in [0.05, 0.1) is 11.1 Å². The predicted octanol–water partition coefficient (Wildman–Crippen LogP) is 12.4. The summed E-state index contributed by atoms with van der Waals surface area (Å²) in [5.74, 6) is 0. The second-order valence-electron chi connectivity index (χ2n) is 14.7. The quantitative estimate of drug-likeness (QED) is 0.188. The van der Waals surface area contributed by atoms with E-state index in [1.807, 2.05) is 0 Å². The average molecular weight is 628 g/mol. The monoisotopic (exact) mass is 627 g/mol. The van der Waals surface area contributed by atoms with Crippen LogP contribution in [-0.4, -0.2) is 0 Å². The number of para-hydroxylation sites is 1. The van der Waals surface area contributed by atoms with Gasteiger partial charge >= 0.3 is 0 Å². The van der Waals surface area contributed by atoms with Gasteiger partial charge in [-0.05, 0) is 105 Å². The van der Waals surface area contributed by atoms with E-state index in [0.29, 0.717) is 0 Å². The third-order valence-corrected chi connectivity index (χ3v) is 11.6. The van der Waals surface area contributed by atoms with E-state index in [2.05, 4.69) is 184 Å². The standard InChI is InChI=1S/C48H37N/c1-30-21-24-35-36-25-22-31(2)28-44(36)48(43(35)27-30)40-18-11-8-15-34(40)38-29-33(23-26-41(38)48)49(32-13-6-5-7-14-32)45-20-12-19-42-46(45)37-16-9-10-17-39(37)47(42,3)4/h5-29H,1-4H3. The van der Waals surface area contributed by atoms with Crippen molar-refractivity contribution in [2.24, 2.45) is 0 Å². The summed E-state index contributed by atoms with van der Waals surface area (Å²) >= 11 is 0. The summed E-state index contributed by atoms with van der Waals surface area (Å²) in [6.45, 7) is 9.17. The molecule has 49 heavy (non-hydrogen) atoms. The maximum Gasteiger partial charge on any atom is 0.0725 e. The van der Waals surface area contributed by atoms with Crippen LogP contribution in [0.5, 0.6) is 0 Å². The van der Waals surface area contributed by atoms with Crippen molar-refractivity contribution in [2.45, 2.75) is 38.5 Å². The second kappa shape index (κ2) is 9.94. The van der Waals surface area contributed by atoms with Crippen LogP contribution in [0.3, 0.4) is 0 Å². The largest absolute Gasteiger partial charge is 0.310 e. The molecule has 0 bridgehead atoms. The van der Waals surface area contributed by atoms with Crippen LogP contribution in [0.2, 0.25) is 0 Å². The highest BCUT2D eigenvalue weighted by atomic mass is 15.1. The van der Waals surface area contributed by atoms with E-state index in [9.17, 15) is 0 Å². The molecule has 0 fully saturated rings. The van der Waals surface area contributed by atoms with Gasteiger partial charge in [-0.15, -0.1) is 0 Å². The molecule has 7 aromatic carbocycles. The molecule has 234 valence electrons. The number of hydrogen-bond acceptors (Lipinski definition) is 1. The van der Waals surface area contributed by atoms with Gasteiger partial charge in [0.15, 0.2) is 0 Å². The minimum Gasteiger partial charge on any atom is -0.310 e. The van der Waals surface area contributed by atoms with Gasteiger partial charge in [0.1, 0.15) is 0 Å². The molecule has 0 N–H and O–H groups in total. The molecular weight excluding hydrogens is 591 g/mol. The smallest absolute Gasteiger partial charge is 0.0725 e. The number of anilines is 3. The Hall–Kier alpha value is -5.66. The van der Waals surface area contributed by atoms with Crippen LogP contribution >= 0.6 is 0 Å². The SMILES string of the molecule is Cc1ccc2c(c1)C1(c3ccccc3-c3cc(N(c4ccccc4)c4cccc5c4-c4ccccc4C5(C)C)ccc31)c1cc(C)ccc1-2. The van der Waals surface area contributed by atoms with Gasteiger partial charge in [-0.1, -0.05) is 146 Å². The molecule has 10 rings (SSSR count). The lowest BCUT2D eigenvalue weighted by Gasteiger charge is -2.32. The number of aryl methyl sites for hydroxylation is 2. The van der Waals surface area contributed by atoms with Crippen LogP contribution in [0.15, 0.2) is 152 Å². The van der Waals surface area contributed by atoms with E-state index in [-0.39, 0.29) is 10.8 Å². The molecule has 1 heteroatoms. The van der Waals surface area contributed by atoms with E-state index in [1.54, 1.807) is 0 Å². The maximum atomic E-state index is 2.48. The van der Waals surface area contributed by atoms with Gasteiger partial charge in [0, 0.05) is 22.4 Å². The van der Waals surface area contributed by atoms with Crippen LogP contribution in [0.4, 0.5) is 17.1 Å². The van der Waals surface area contributed by atoms with Gasteiger partial charge in [-0.3, -0.25) is 0 Å². The molecule has 3 aliphatic carbocycles. The lowest BCUT2D eigenvalue weighted by molar-refractivity contribution is 0.660. The van der Waals surface area contributed by atoms with Crippen molar-refractivity contribution in [3.8, 4) is 33.4 Å². The van der Waals surface area contributed by atoms with Crippen molar-refractivity contribution in [3.63, 3.8) is 0 Å². The fourth-order valence-electron chi connectivity index (χ4n) is 9.47. The Morgan fingerprint density at radius 2 is 0.959 bits per heavy atom. The number of nitrogens with zero attached hydrogens (tertiary/aromatic N) is 1. The Bertz CT molecular complexity index is 2450. The first-order valence-electron chi connectivity index (χ1n) is 17.4. The molecule has 0 amide bonds. The summed E-state index contributed by atoms with van der Waals surface area (Å²) < 4.78 is 0. The van der Waals surface area contributed by atoms with Crippen molar-refractivity contribution in [1.82, 2.24) is 0 Å². The van der Waals surface area contributed by atoms with Crippen molar-refractivity contribution in [2.75, 3.05) is 4.90 Å². The van der Waals surface area contributed by atoms with Crippen molar-refractivity contribution in [1.29, 1.82) is 0 Å². The minimum atomic E-state index is -0.359. The predicted molar refractivity (Wildman–Crippen MR) is 204 cm³/mol. The minimum absolute atomic E-state index is 0.0763. The Morgan fingerprint density at radius 1 is 0.388 bits per heavy atom. The van der Waals surface area contributed by atoms with E-state index in [1.165, 1.54) is 89.3 Å². The highest BCUT2D eigenvalue weighted by Gasteiger charge is 2.52. The third-order valence-electron chi connectivity index (χ3n) is 11.6. The zero-order chi connectivity index (χ0) is 33.1. The lowest BCUT2D eigenvalue weighted by atomic mass is 9.70. The molecule has 0 heterocycles. The first kappa shape index (κ1) is 28.4. The highest BCUT2D eigenvalue weighted by molar-refractivity contribution is 5.99. The Labute approximate surface area is 289 Å². The number of rotatable bonds is 3. The molecular formula is C48H37N. The van der Waals surface area contributed by atoms with Gasteiger partial charge in [0.25, 0.3) is 0 Å². The molecule has 3 aliphatic rings. The molecule has 0 unspecified atom stereocenters. The van der Waals surface area contributed by atoms with E-state index < -0.39 is 0 Å². The summed E-state index contributed by atoms with van der Waals surface area (Å²) in [6, 6.07) is 57.2. The Morgan fingerprint density at radius 3 is 1.67 bits per heavy atom. The lowest BCUT2D eigenvalue weighted by Crippen LogP contribution is -2.26. The molecule has 1 nitrogen and oxygen atoms in total. The van der Waals surface area contributed by atoms with Crippen molar-refractivity contribution >= 4 is 17.1 Å². The van der Waals surface area contributed by atoms with Crippen LogP contribution in [0.1, 0.15) is 58.4 Å². The summed E-state index contributed by atoms with van der Waals surface area (Å²) in [6.07, 6.45) is 0. The van der Waals surface area contributed by atoms with E-state index in [0.717, 1.165) is 5.69 Å². The fourth-order valence-corrected chi connectivity index (χ4v) is 9.47. The van der Waals surface area contributed by atoms with Crippen LogP contribution < -0.4 is 4.90 Å². The molecule has 0 radical (unpaired) electrons. The Kier molecular flexibility index (Phi) is 5.75. The van der Waals surface area contributed by atoms with Crippen LogP contribution in [0, 0.1) is 13.8 Å². The zero-order valence-electron chi connectivity index (χ0n) is 28.4. The van der Waals surface area contributed by atoms with Gasteiger partial charge in [-0.2, -0.15) is 0 Å². The van der Waals surface area contributed by atoms with Crippen LogP contribution in [-0.2, 0) is 10.8 Å². The van der Waals surface area contributed by atoms with Crippen molar-refractivity contribution in [3.05, 3.63) is 196 Å². The normalized spacial score (nSPS) is 14.9. The third kappa shape index (κ3) is 3.65. The topological polar surface area (TPSA) is 3.24 Å². The molecule has 1 spiro atoms. The highest BCUT2D eigenvalue weighted by Crippen LogP contribution is 2.64.